The Labute approximate surface area is 167 Å². The maximum atomic E-state index is 13.0. The summed E-state index contributed by atoms with van der Waals surface area (Å²) in [5.41, 5.74) is 1.98. The van der Waals surface area contributed by atoms with Gasteiger partial charge >= 0.3 is 0 Å². The summed E-state index contributed by atoms with van der Waals surface area (Å²) in [6.45, 7) is 4.48. The summed E-state index contributed by atoms with van der Waals surface area (Å²) < 4.78 is 0. The normalized spacial score (nSPS) is 11.9. The largest absolute Gasteiger partial charge is 0.396 e. The Morgan fingerprint density at radius 3 is 2.07 bits per heavy atom. The molecule has 5 nitrogen and oxygen atoms in total. The Morgan fingerprint density at radius 1 is 0.964 bits per heavy atom. The topological polar surface area (TPSA) is 69.6 Å². The van der Waals surface area contributed by atoms with Crippen LogP contribution in [0.15, 0.2) is 60.7 Å². The smallest absolute Gasteiger partial charge is 0.243 e. The molecule has 0 saturated heterocycles. The summed E-state index contributed by atoms with van der Waals surface area (Å²) in [4.78, 5) is 27.7. The number of rotatable bonds is 10. The molecule has 0 aliphatic carbocycles. The van der Waals surface area contributed by atoms with E-state index in [1.165, 1.54) is 0 Å². The molecule has 28 heavy (non-hydrogen) atoms. The fourth-order valence-electron chi connectivity index (χ4n) is 3.04. The summed E-state index contributed by atoms with van der Waals surface area (Å²) in [5.74, 6) is -0.462. The summed E-state index contributed by atoms with van der Waals surface area (Å²) in [7, 11) is 0. The zero-order chi connectivity index (χ0) is 20.4. The first-order chi connectivity index (χ1) is 13.5. The molecule has 0 aromatic heterocycles. The highest BCUT2D eigenvalue weighted by Crippen LogP contribution is 2.17. The Morgan fingerprint density at radius 2 is 1.54 bits per heavy atom. The number of benzene rings is 2. The lowest BCUT2D eigenvalue weighted by atomic mass is 10.0. The fraction of sp³-hybridized carbons (Fsp3) is 0.391. The van der Waals surface area contributed by atoms with Crippen molar-refractivity contribution < 1.29 is 14.7 Å². The van der Waals surface area contributed by atoms with Gasteiger partial charge in [0.05, 0.1) is 0 Å². The van der Waals surface area contributed by atoms with Crippen molar-refractivity contribution in [3.63, 3.8) is 0 Å². The molecule has 2 aromatic carbocycles. The molecular weight excluding hydrogens is 352 g/mol. The van der Waals surface area contributed by atoms with Crippen molar-refractivity contribution in [2.75, 3.05) is 13.2 Å². The van der Waals surface area contributed by atoms with E-state index in [4.69, 9.17) is 5.11 Å². The Balaban J connectivity index is 2.31. The molecule has 0 unspecified atom stereocenters. The van der Waals surface area contributed by atoms with Crippen LogP contribution in [-0.2, 0) is 22.6 Å². The third kappa shape index (κ3) is 6.50. The van der Waals surface area contributed by atoms with Gasteiger partial charge in [-0.25, -0.2) is 0 Å². The predicted octanol–water partition coefficient (Wildman–Crippen LogP) is 2.78. The second-order valence-electron chi connectivity index (χ2n) is 7.18. The van der Waals surface area contributed by atoms with Crippen LogP contribution in [0.3, 0.4) is 0 Å². The van der Waals surface area contributed by atoms with Crippen LogP contribution in [0.4, 0.5) is 0 Å². The van der Waals surface area contributed by atoms with Crippen molar-refractivity contribution in [1.82, 2.24) is 10.2 Å². The monoisotopic (exact) mass is 382 g/mol. The molecule has 5 heteroatoms. The molecular formula is C23H30N2O3. The first-order valence-corrected chi connectivity index (χ1v) is 9.79. The van der Waals surface area contributed by atoms with Gasteiger partial charge in [0, 0.05) is 32.0 Å². The van der Waals surface area contributed by atoms with Crippen LogP contribution in [0.25, 0.3) is 0 Å². The number of aliphatic hydroxyl groups is 1. The second kappa shape index (κ2) is 11.2. The van der Waals surface area contributed by atoms with Crippen molar-refractivity contribution in [2.24, 2.45) is 5.92 Å². The van der Waals surface area contributed by atoms with E-state index >= 15 is 0 Å². The van der Waals surface area contributed by atoms with E-state index in [-0.39, 0.29) is 24.3 Å². The van der Waals surface area contributed by atoms with Crippen molar-refractivity contribution >= 4 is 11.8 Å². The van der Waals surface area contributed by atoms with Gasteiger partial charge in [-0.15, -0.1) is 0 Å². The van der Waals surface area contributed by atoms with Gasteiger partial charge in [-0.3, -0.25) is 9.59 Å². The maximum Gasteiger partial charge on any atom is 0.243 e. The van der Waals surface area contributed by atoms with Gasteiger partial charge in [0.15, 0.2) is 0 Å². The molecule has 0 aliphatic heterocycles. The van der Waals surface area contributed by atoms with Crippen LogP contribution in [0.1, 0.15) is 31.4 Å². The van der Waals surface area contributed by atoms with E-state index in [1.54, 1.807) is 4.90 Å². The quantitative estimate of drug-likeness (QED) is 0.621. The highest BCUT2D eigenvalue weighted by Gasteiger charge is 2.31. The number of hydrogen-bond donors (Lipinski definition) is 2. The first kappa shape index (κ1) is 21.6. The highest BCUT2D eigenvalue weighted by atomic mass is 16.3. The average molecular weight is 383 g/mol. The minimum atomic E-state index is -0.615. The fourth-order valence-corrected chi connectivity index (χ4v) is 3.04. The van der Waals surface area contributed by atoms with Crippen LogP contribution in [0, 0.1) is 5.92 Å². The van der Waals surface area contributed by atoms with E-state index in [1.807, 2.05) is 74.5 Å². The zero-order valence-electron chi connectivity index (χ0n) is 16.7. The van der Waals surface area contributed by atoms with Crippen LogP contribution in [0.5, 0.6) is 0 Å². The van der Waals surface area contributed by atoms with E-state index in [2.05, 4.69) is 5.32 Å². The standard InChI is InChI=1S/C23H30N2O3/c1-18(2)23(28)25(17-20-12-7-4-8-13-20)21(22(27)24-14-9-15-26)16-19-10-5-3-6-11-19/h3-8,10-13,18,21,26H,9,14-17H2,1-2H3,(H,24,27)/t21-/m1/s1. The van der Waals surface area contributed by atoms with Crippen molar-refractivity contribution in [3.8, 4) is 0 Å². The maximum absolute atomic E-state index is 13.0. The van der Waals surface area contributed by atoms with Gasteiger partial charge in [0.25, 0.3) is 0 Å². The molecule has 0 bridgehead atoms. The number of amides is 2. The molecule has 2 rings (SSSR count). The lowest BCUT2D eigenvalue weighted by Gasteiger charge is -2.32. The second-order valence-corrected chi connectivity index (χ2v) is 7.18. The number of carbonyl (C=O) groups excluding carboxylic acids is 2. The van der Waals surface area contributed by atoms with E-state index < -0.39 is 6.04 Å². The van der Waals surface area contributed by atoms with Gasteiger partial charge in [0.1, 0.15) is 6.04 Å². The van der Waals surface area contributed by atoms with Gasteiger partial charge in [-0.2, -0.15) is 0 Å². The number of carbonyl (C=O) groups is 2. The van der Waals surface area contributed by atoms with E-state index in [9.17, 15) is 9.59 Å². The molecule has 0 fully saturated rings. The van der Waals surface area contributed by atoms with Crippen LogP contribution in [0.2, 0.25) is 0 Å². The van der Waals surface area contributed by atoms with Crippen LogP contribution < -0.4 is 5.32 Å². The van der Waals surface area contributed by atoms with E-state index in [0.29, 0.717) is 25.9 Å². The van der Waals surface area contributed by atoms with Gasteiger partial charge in [0.2, 0.25) is 11.8 Å². The Bertz CT molecular complexity index is 732. The van der Waals surface area contributed by atoms with E-state index in [0.717, 1.165) is 11.1 Å². The van der Waals surface area contributed by atoms with Gasteiger partial charge < -0.3 is 15.3 Å². The number of aliphatic hydroxyl groups excluding tert-OH is 1. The highest BCUT2D eigenvalue weighted by molar-refractivity contribution is 5.88. The zero-order valence-corrected chi connectivity index (χ0v) is 16.7. The number of nitrogens with one attached hydrogen (secondary N) is 1. The van der Waals surface area contributed by atoms with Crippen LogP contribution >= 0.6 is 0 Å². The molecule has 1 atom stereocenters. The lowest BCUT2D eigenvalue weighted by molar-refractivity contribution is -0.143. The minimum Gasteiger partial charge on any atom is -0.396 e. The molecule has 2 aromatic rings. The molecule has 0 saturated carbocycles. The minimum absolute atomic E-state index is 0.0162. The Kier molecular flexibility index (Phi) is 8.69. The van der Waals surface area contributed by atoms with Gasteiger partial charge in [-0.1, -0.05) is 74.5 Å². The lowest BCUT2D eigenvalue weighted by Crippen LogP contribution is -2.51. The molecule has 0 spiro atoms. The number of nitrogens with zero attached hydrogens (tertiary/aromatic N) is 1. The molecule has 150 valence electrons. The van der Waals surface area contributed by atoms with Crippen molar-refractivity contribution in [1.29, 1.82) is 0 Å². The molecule has 0 radical (unpaired) electrons. The van der Waals surface area contributed by atoms with Gasteiger partial charge in [-0.05, 0) is 17.5 Å². The molecule has 2 amide bonds. The summed E-state index contributed by atoms with van der Waals surface area (Å²) in [6.07, 6.45) is 0.928. The predicted molar refractivity (Wildman–Crippen MR) is 110 cm³/mol. The SMILES string of the molecule is CC(C)C(=O)N(Cc1ccccc1)[C@H](Cc1ccccc1)C(=O)NCCCO. The summed E-state index contributed by atoms with van der Waals surface area (Å²) in [6, 6.07) is 18.8. The third-order valence-electron chi connectivity index (χ3n) is 4.56. The summed E-state index contributed by atoms with van der Waals surface area (Å²) >= 11 is 0. The molecule has 2 N–H and O–H groups in total. The van der Waals surface area contributed by atoms with Crippen molar-refractivity contribution in [2.45, 2.75) is 39.3 Å². The first-order valence-electron chi connectivity index (χ1n) is 9.79. The molecule has 0 heterocycles. The summed E-state index contributed by atoms with van der Waals surface area (Å²) in [5, 5.41) is 11.9. The Hall–Kier alpha value is -2.66. The van der Waals surface area contributed by atoms with Crippen LogP contribution in [-0.4, -0.2) is 41.0 Å². The average Bonchev–Trinajstić information content (AvgIpc) is 2.71. The van der Waals surface area contributed by atoms with Crippen molar-refractivity contribution in [3.05, 3.63) is 71.8 Å². The molecule has 0 aliphatic rings. The third-order valence-corrected chi connectivity index (χ3v) is 4.56. The number of hydrogen-bond acceptors (Lipinski definition) is 3.